The molecule has 4 heteroatoms. The van der Waals surface area contributed by atoms with Gasteiger partial charge in [-0.3, -0.25) is 0 Å². The third kappa shape index (κ3) is 6.26. The second-order valence-corrected chi connectivity index (χ2v) is 2.61. The number of carbonyl (C=O) groups excluding carboxylic acids is 2. The standard InChI is InChI=1S/C11H14O4/c1-4-5-6-7-15-10(12)8-9(2)11(13)14-3/h4-6,8H,1,7H2,2-3H3/b6-5+,9-8+. The van der Waals surface area contributed by atoms with Crippen molar-refractivity contribution in [3.8, 4) is 0 Å². The quantitative estimate of drug-likeness (QED) is 0.391. The fraction of sp³-hybridized carbons (Fsp3) is 0.273. The molecule has 0 radical (unpaired) electrons. The SMILES string of the molecule is C=C/C=C/COC(=O)/C=C(\C)C(=O)OC. The molecule has 0 aliphatic rings. The second-order valence-electron chi connectivity index (χ2n) is 2.61. The van der Waals surface area contributed by atoms with Crippen molar-refractivity contribution in [2.24, 2.45) is 0 Å². The third-order valence-electron chi connectivity index (χ3n) is 1.44. The molecule has 0 unspecified atom stereocenters. The number of rotatable bonds is 5. The number of esters is 2. The molecular formula is C11H14O4. The van der Waals surface area contributed by atoms with Crippen LogP contribution in [0.1, 0.15) is 6.92 Å². The van der Waals surface area contributed by atoms with E-state index in [1.807, 2.05) is 0 Å². The molecule has 0 N–H and O–H groups in total. The molecular weight excluding hydrogens is 196 g/mol. The van der Waals surface area contributed by atoms with Gasteiger partial charge in [0.25, 0.3) is 0 Å². The highest BCUT2D eigenvalue weighted by Gasteiger charge is 2.06. The van der Waals surface area contributed by atoms with Gasteiger partial charge in [-0.2, -0.15) is 0 Å². The molecule has 0 amide bonds. The van der Waals surface area contributed by atoms with E-state index in [1.54, 1.807) is 18.2 Å². The number of hydrogen-bond acceptors (Lipinski definition) is 4. The van der Waals surface area contributed by atoms with E-state index in [2.05, 4.69) is 11.3 Å². The molecule has 0 fully saturated rings. The number of allylic oxidation sites excluding steroid dienone is 2. The van der Waals surface area contributed by atoms with Gasteiger partial charge in [-0.05, 0) is 13.0 Å². The topological polar surface area (TPSA) is 52.6 Å². The Morgan fingerprint density at radius 3 is 2.60 bits per heavy atom. The molecule has 0 bridgehead atoms. The molecule has 0 aromatic rings. The highest BCUT2D eigenvalue weighted by Crippen LogP contribution is 1.96. The zero-order valence-corrected chi connectivity index (χ0v) is 8.86. The molecule has 0 aliphatic carbocycles. The molecule has 0 aromatic heterocycles. The van der Waals surface area contributed by atoms with Crippen molar-refractivity contribution in [3.63, 3.8) is 0 Å². The largest absolute Gasteiger partial charge is 0.466 e. The van der Waals surface area contributed by atoms with E-state index in [9.17, 15) is 9.59 Å². The van der Waals surface area contributed by atoms with E-state index in [0.717, 1.165) is 6.08 Å². The lowest BCUT2D eigenvalue weighted by Crippen LogP contribution is -2.07. The molecule has 4 nitrogen and oxygen atoms in total. The first kappa shape index (κ1) is 13.2. The van der Waals surface area contributed by atoms with Gasteiger partial charge in [0, 0.05) is 11.6 Å². The van der Waals surface area contributed by atoms with Crippen molar-refractivity contribution in [3.05, 3.63) is 36.5 Å². The Kier molecular flexibility index (Phi) is 6.63. The molecule has 0 aromatic carbocycles. The molecule has 0 saturated heterocycles. The average molecular weight is 210 g/mol. The van der Waals surface area contributed by atoms with Crippen LogP contribution in [-0.4, -0.2) is 25.7 Å². The predicted octanol–water partition coefficient (Wildman–Crippen LogP) is 1.39. The first-order valence-electron chi connectivity index (χ1n) is 4.32. The van der Waals surface area contributed by atoms with E-state index >= 15 is 0 Å². The molecule has 0 atom stereocenters. The summed E-state index contributed by atoms with van der Waals surface area (Å²) >= 11 is 0. The smallest absolute Gasteiger partial charge is 0.333 e. The zero-order chi connectivity index (χ0) is 11.7. The Bertz CT molecular complexity index is 300. The van der Waals surface area contributed by atoms with Gasteiger partial charge in [0.1, 0.15) is 6.61 Å². The summed E-state index contributed by atoms with van der Waals surface area (Å²) in [6.45, 7) is 5.09. The summed E-state index contributed by atoms with van der Waals surface area (Å²) in [7, 11) is 1.25. The minimum atomic E-state index is -0.577. The number of hydrogen-bond donors (Lipinski definition) is 0. The molecule has 0 rings (SSSR count). The lowest BCUT2D eigenvalue weighted by atomic mass is 10.3. The van der Waals surface area contributed by atoms with Crippen molar-refractivity contribution in [1.82, 2.24) is 0 Å². The van der Waals surface area contributed by atoms with E-state index < -0.39 is 11.9 Å². The monoisotopic (exact) mass is 210 g/mol. The van der Waals surface area contributed by atoms with Gasteiger partial charge in [-0.15, -0.1) is 0 Å². The summed E-state index contributed by atoms with van der Waals surface area (Å²) in [5.74, 6) is -1.12. The van der Waals surface area contributed by atoms with Gasteiger partial charge in [-0.25, -0.2) is 9.59 Å². The van der Waals surface area contributed by atoms with Gasteiger partial charge in [0.15, 0.2) is 0 Å². The van der Waals surface area contributed by atoms with Gasteiger partial charge >= 0.3 is 11.9 Å². The summed E-state index contributed by atoms with van der Waals surface area (Å²) in [5.41, 5.74) is 0.204. The Hall–Kier alpha value is -1.84. The van der Waals surface area contributed by atoms with Crippen molar-refractivity contribution in [2.75, 3.05) is 13.7 Å². The van der Waals surface area contributed by atoms with Crippen molar-refractivity contribution in [2.45, 2.75) is 6.92 Å². The number of methoxy groups -OCH3 is 1. The van der Waals surface area contributed by atoms with Crippen molar-refractivity contribution < 1.29 is 19.1 Å². The normalized spacial score (nSPS) is 11.2. The zero-order valence-electron chi connectivity index (χ0n) is 8.86. The van der Waals surface area contributed by atoms with Crippen LogP contribution in [0.25, 0.3) is 0 Å². The third-order valence-corrected chi connectivity index (χ3v) is 1.44. The molecule has 0 aliphatic heterocycles. The number of ether oxygens (including phenoxy) is 2. The van der Waals surface area contributed by atoms with Crippen LogP contribution in [0.2, 0.25) is 0 Å². The Morgan fingerprint density at radius 2 is 2.07 bits per heavy atom. The van der Waals surface area contributed by atoms with E-state index in [4.69, 9.17) is 4.74 Å². The van der Waals surface area contributed by atoms with Crippen LogP contribution in [0, 0.1) is 0 Å². The van der Waals surface area contributed by atoms with Crippen LogP contribution in [0.3, 0.4) is 0 Å². The van der Waals surface area contributed by atoms with Crippen LogP contribution < -0.4 is 0 Å². The van der Waals surface area contributed by atoms with Gasteiger partial charge in [0.2, 0.25) is 0 Å². The molecule has 82 valence electrons. The Balaban J connectivity index is 4.07. The minimum absolute atomic E-state index is 0.149. The summed E-state index contributed by atoms with van der Waals surface area (Å²) in [5, 5.41) is 0. The van der Waals surface area contributed by atoms with E-state index in [0.29, 0.717) is 0 Å². The van der Waals surface area contributed by atoms with Crippen LogP contribution in [0.5, 0.6) is 0 Å². The molecule has 0 heterocycles. The molecule has 0 spiro atoms. The fourth-order valence-corrected chi connectivity index (χ4v) is 0.720. The van der Waals surface area contributed by atoms with Crippen LogP contribution in [0.15, 0.2) is 36.5 Å². The van der Waals surface area contributed by atoms with Crippen molar-refractivity contribution >= 4 is 11.9 Å². The van der Waals surface area contributed by atoms with E-state index in [-0.39, 0.29) is 12.2 Å². The highest BCUT2D eigenvalue weighted by atomic mass is 16.5. The minimum Gasteiger partial charge on any atom is -0.466 e. The Labute approximate surface area is 88.9 Å². The summed E-state index contributed by atoms with van der Waals surface area (Å²) in [4.78, 5) is 22.0. The maximum absolute atomic E-state index is 11.1. The second kappa shape index (κ2) is 7.55. The Morgan fingerprint density at radius 1 is 1.40 bits per heavy atom. The maximum atomic E-state index is 11.1. The fourth-order valence-electron chi connectivity index (χ4n) is 0.720. The number of carbonyl (C=O) groups is 2. The lowest BCUT2D eigenvalue weighted by molar-refractivity contribution is -0.139. The highest BCUT2D eigenvalue weighted by molar-refractivity contribution is 5.95. The predicted molar refractivity (Wildman–Crippen MR) is 56.1 cm³/mol. The van der Waals surface area contributed by atoms with Crippen LogP contribution >= 0.6 is 0 Å². The van der Waals surface area contributed by atoms with Gasteiger partial charge in [-0.1, -0.05) is 18.7 Å². The van der Waals surface area contributed by atoms with Crippen molar-refractivity contribution in [1.29, 1.82) is 0 Å². The first-order valence-corrected chi connectivity index (χ1v) is 4.32. The summed E-state index contributed by atoms with van der Waals surface area (Å²) < 4.78 is 9.17. The maximum Gasteiger partial charge on any atom is 0.333 e. The van der Waals surface area contributed by atoms with Crippen LogP contribution in [0.4, 0.5) is 0 Å². The average Bonchev–Trinajstić information content (AvgIpc) is 2.23. The van der Waals surface area contributed by atoms with E-state index in [1.165, 1.54) is 14.0 Å². The summed E-state index contributed by atoms with van der Waals surface area (Å²) in [6.07, 6.45) is 5.95. The molecule has 0 saturated carbocycles. The first-order chi connectivity index (χ1) is 7.11. The van der Waals surface area contributed by atoms with Gasteiger partial charge < -0.3 is 9.47 Å². The summed E-state index contributed by atoms with van der Waals surface area (Å²) in [6, 6.07) is 0. The lowest BCUT2D eigenvalue weighted by Gasteiger charge is -1.99. The molecule has 15 heavy (non-hydrogen) atoms. The van der Waals surface area contributed by atoms with Crippen LogP contribution in [-0.2, 0) is 19.1 Å². The van der Waals surface area contributed by atoms with Gasteiger partial charge in [0.05, 0.1) is 7.11 Å².